The number of aromatic amines is 1. The molecule has 16 heavy (non-hydrogen) atoms. The molecule has 1 fully saturated rings. The summed E-state index contributed by atoms with van der Waals surface area (Å²) in [7, 11) is 0. The topological polar surface area (TPSA) is 75.3 Å². The molecule has 1 aliphatic rings. The number of ether oxygens (including phenoxy) is 1. The number of rotatable bonds is 1. The number of nitrogens with zero attached hydrogens (tertiary/aromatic N) is 2. The van der Waals surface area contributed by atoms with Crippen LogP contribution in [0.1, 0.15) is 16.2 Å². The van der Waals surface area contributed by atoms with Gasteiger partial charge in [-0.3, -0.25) is 9.59 Å². The maximum Gasteiger partial charge on any atom is 0.263 e. The van der Waals surface area contributed by atoms with Gasteiger partial charge in [0.1, 0.15) is 11.4 Å². The van der Waals surface area contributed by atoms with E-state index >= 15 is 0 Å². The lowest BCUT2D eigenvalue weighted by atomic mass is 10.2. The van der Waals surface area contributed by atoms with E-state index < -0.39 is 0 Å². The van der Waals surface area contributed by atoms with Gasteiger partial charge in [-0.1, -0.05) is 0 Å². The lowest BCUT2D eigenvalue weighted by Gasteiger charge is -2.26. The number of aromatic nitrogens is 2. The molecule has 1 N–H and O–H groups in total. The monoisotopic (exact) mass is 223 g/mol. The highest BCUT2D eigenvalue weighted by Gasteiger charge is 2.21. The zero-order valence-electron chi connectivity index (χ0n) is 9.02. The number of amides is 1. The predicted molar refractivity (Wildman–Crippen MR) is 56.3 cm³/mol. The quantitative estimate of drug-likeness (QED) is 0.699. The van der Waals surface area contributed by atoms with Crippen LogP contribution in [0.3, 0.4) is 0 Å². The molecular weight excluding hydrogens is 210 g/mol. The minimum absolute atomic E-state index is 0.0903. The Labute approximate surface area is 92.3 Å². The maximum absolute atomic E-state index is 11.9. The zero-order chi connectivity index (χ0) is 11.5. The van der Waals surface area contributed by atoms with Crippen molar-refractivity contribution in [2.24, 2.45) is 0 Å². The molecule has 1 aromatic rings. The third-order valence-electron chi connectivity index (χ3n) is 2.46. The number of carbonyl (C=O) groups is 1. The number of nitrogens with one attached hydrogen (secondary N) is 1. The molecule has 6 heteroatoms. The first kappa shape index (κ1) is 10.8. The van der Waals surface area contributed by atoms with Gasteiger partial charge in [0, 0.05) is 19.3 Å². The Balaban J connectivity index is 2.23. The minimum Gasteiger partial charge on any atom is -0.378 e. The van der Waals surface area contributed by atoms with Crippen LogP contribution in [0.15, 0.2) is 11.0 Å². The Morgan fingerprint density at radius 2 is 2.19 bits per heavy atom. The molecule has 0 spiro atoms. The molecule has 0 saturated carbocycles. The number of carbonyl (C=O) groups excluding carboxylic acids is 1. The lowest BCUT2D eigenvalue weighted by molar-refractivity contribution is 0.0301. The van der Waals surface area contributed by atoms with E-state index in [1.807, 2.05) is 0 Å². The van der Waals surface area contributed by atoms with Crippen molar-refractivity contribution >= 4 is 5.91 Å². The minimum atomic E-state index is -0.385. The Morgan fingerprint density at radius 3 is 2.81 bits per heavy atom. The largest absolute Gasteiger partial charge is 0.378 e. The number of aryl methyl sites for hydroxylation is 1. The van der Waals surface area contributed by atoms with Crippen molar-refractivity contribution in [3.8, 4) is 0 Å². The van der Waals surface area contributed by atoms with Gasteiger partial charge in [-0.25, -0.2) is 4.98 Å². The Kier molecular flexibility index (Phi) is 3.00. The van der Waals surface area contributed by atoms with Crippen LogP contribution < -0.4 is 5.56 Å². The smallest absolute Gasteiger partial charge is 0.263 e. The fourth-order valence-electron chi connectivity index (χ4n) is 1.57. The van der Waals surface area contributed by atoms with Gasteiger partial charge in [0.05, 0.1) is 13.2 Å². The standard InChI is InChI=1S/C10H13N3O3/c1-7-11-6-8(9(14)12-7)10(15)13-2-4-16-5-3-13/h6H,2-5H2,1H3,(H,11,12,14). The molecule has 6 nitrogen and oxygen atoms in total. The summed E-state index contributed by atoms with van der Waals surface area (Å²) in [5, 5.41) is 0. The van der Waals surface area contributed by atoms with Crippen LogP contribution in [-0.2, 0) is 4.74 Å². The first-order valence-corrected chi connectivity index (χ1v) is 5.11. The molecule has 0 aromatic carbocycles. The second-order valence-corrected chi connectivity index (χ2v) is 3.62. The van der Waals surface area contributed by atoms with Crippen molar-refractivity contribution in [1.29, 1.82) is 0 Å². The van der Waals surface area contributed by atoms with Crippen molar-refractivity contribution in [2.75, 3.05) is 26.3 Å². The molecule has 2 heterocycles. The summed E-state index contributed by atoms with van der Waals surface area (Å²) >= 11 is 0. The fraction of sp³-hybridized carbons (Fsp3) is 0.500. The van der Waals surface area contributed by atoms with Crippen LogP contribution in [0.2, 0.25) is 0 Å². The van der Waals surface area contributed by atoms with Crippen molar-refractivity contribution in [3.05, 3.63) is 27.9 Å². The molecule has 0 bridgehead atoms. The molecule has 86 valence electrons. The van der Waals surface area contributed by atoms with Gasteiger partial charge in [0.2, 0.25) is 0 Å². The highest BCUT2D eigenvalue weighted by Crippen LogP contribution is 2.02. The number of hydrogen-bond donors (Lipinski definition) is 1. The van der Waals surface area contributed by atoms with E-state index in [2.05, 4.69) is 9.97 Å². The summed E-state index contributed by atoms with van der Waals surface area (Å²) in [5.74, 6) is 0.223. The summed E-state index contributed by atoms with van der Waals surface area (Å²) in [6.07, 6.45) is 1.33. The van der Waals surface area contributed by atoms with Crippen molar-refractivity contribution in [2.45, 2.75) is 6.92 Å². The third kappa shape index (κ3) is 2.11. The van der Waals surface area contributed by atoms with Crippen LogP contribution in [0, 0.1) is 6.92 Å². The Morgan fingerprint density at radius 1 is 1.50 bits per heavy atom. The molecule has 1 saturated heterocycles. The molecule has 1 aromatic heterocycles. The average Bonchev–Trinajstić information content (AvgIpc) is 2.29. The first-order chi connectivity index (χ1) is 7.68. The molecule has 0 unspecified atom stereocenters. The third-order valence-corrected chi connectivity index (χ3v) is 2.46. The molecule has 1 amide bonds. The first-order valence-electron chi connectivity index (χ1n) is 5.11. The van der Waals surface area contributed by atoms with Gasteiger partial charge in [-0.2, -0.15) is 0 Å². The van der Waals surface area contributed by atoms with Crippen molar-refractivity contribution < 1.29 is 9.53 Å². The van der Waals surface area contributed by atoms with Crippen LogP contribution in [0.25, 0.3) is 0 Å². The molecule has 0 aliphatic carbocycles. The van der Waals surface area contributed by atoms with E-state index in [4.69, 9.17) is 4.74 Å². The molecular formula is C10H13N3O3. The number of morpholine rings is 1. The summed E-state index contributed by atoms with van der Waals surface area (Å²) < 4.78 is 5.14. The SMILES string of the molecule is Cc1ncc(C(=O)N2CCOCC2)c(=O)[nH]1. The normalized spacial score (nSPS) is 16.2. The molecule has 0 atom stereocenters. The van der Waals surface area contributed by atoms with Gasteiger partial charge < -0.3 is 14.6 Å². The summed E-state index contributed by atoms with van der Waals surface area (Å²) in [6, 6.07) is 0. The molecule has 0 radical (unpaired) electrons. The van der Waals surface area contributed by atoms with E-state index in [1.165, 1.54) is 6.20 Å². The van der Waals surface area contributed by atoms with Crippen LogP contribution in [0.5, 0.6) is 0 Å². The second kappa shape index (κ2) is 4.44. The zero-order valence-corrected chi connectivity index (χ0v) is 9.02. The van der Waals surface area contributed by atoms with Gasteiger partial charge in [0.25, 0.3) is 11.5 Å². The van der Waals surface area contributed by atoms with Crippen LogP contribution >= 0.6 is 0 Å². The van der Waals surface area contributed by atoms with E-state index in [0.29, 0.717) is 32.1 Å². The summed E-state index contributed by atoms with van der Waals surface area (Å²) in [4.78, 5) is 31.5. The van der Waals surface area contributed by atoms with Crippen LogP contribution in [-0.4, -0.2) is 47.1 Å². The number of hydrogen-bond acceptors (Lipinski definition) is 4. The Bertz CT molecular complexity index is 449. The maximum atomic E-state index is 11.9. The highest BCUT2D eigenvalue weighted by atomic mass is 16.5. The summed E-state index contributed by atoms with van der Waals surface area (Å²) in [5.41, 5.74) is -0.295. The second-order valence-electron chi connectivity index (χ2n) is 3.62. The van der Waals surface area contributed by atoms with Crippen molar-refractivity contribution in [1.82, 2.24) is 14.9 Å². The van der Waals surface area contributed by atoms with Gasteiger partial charge in [0.15, 0.2) is 0 Å². The van der Waals surface area contributed by atoms with Gasteiger partial charge >= 0.3 is 0 Å². The molecule has 2 rings (SSSR count). The fourth-order valence-corrected chi connectivity index (χ4v) is 1.57. The average molecular weight is 223 g/mol. The molecule has 1 aliphatic heterocycles. The number of H-pyrrole nitrogens is 1. The van der Waals surface area contributed by atoms with Gasteiger partial charge in [-0.05, 0) is 6.92 Å². The highest BCUT2D eigenvalue weighted by molar-refractivity contribution is 5.93. The predicted octanol–water partition coefficient (Wildman–Crippen LogP) is -0.449. The van der Waals surface area contributed by atoms with E-state index in [9.17, 15) is 9.59 Å². The van der Waals surface area contributed by atoms with E-state index in [-0.39, 0.29) is 17.0 Å². The Hall–Kier alpha value is -1.69. The van der Waals surface area contributed by atoms with Crippen molar-refractivity contribution in [3.63, 3.8) is 0 Å². The lowest BCUT2D eigenvalue weighted by Crippen LogP contribution is -2.42. The summed E-state index contributed by atoms with van der Waals surface area (Å²) in [6.45, 7) is 3.74. The van der Waals surface area contributed by atoms with E-state index in [0.717, 1.165) is 0 Å². The van der Waals surface area contributed by atoms with Gasteiger partial charge in [-0.15, -0.1) is 0 Å². The van der Waals surface area contributed by atoms with E-state index in [1.54, 1.807) is 11.8 Å². The van der Waals surface area contributed by atoms with Crippen LogP contribution in [0.4, 0.5) is 0 Å².